The molecule has 0 saturated carbocycles. The van der Waals surface area contributed by atoms with Crippen molar-refractivity contribution in [2.24, 2.45) is 7.05 Å². The zero-order valence-corrected chi connectivity index (χ0v) is 23.3. The number of hydrogen-bond donors (Lipinski definition) is 0. The van der Waals surface area contributed by atoms with E-state index in [0.29, 0.717) is 25.4 Å². The van der Waals surface area contributed by atoms with Crippen LogP contribution in [0.4, 0.5) is 0 Å². The van der Waals surface area contributed by atoms with E-state index >= 15 is 0 Å². The molecule has 3 heterocycles. The van der Waals surface area contributed by atoms with Crippen molar-refractivity contribution in [1.29, 1.82) is 0 Å². The summed E-state index contributed by atoms with van der Waals surface area (Å²) in [7, 11) is -0.193. The number of benzene rings is 2. The lowest BCUT2D eigenvalue weighted by Gasteiger charge is -2.57. The lowest BCUT2D eigenvalue weighted by Crippen LogP contribution is -2.68. The van der Waals surface area contributed by atoms with Crippen molar-refractivity contribution in [3.8, 4) is 11.1 Å². The molecule has 2 aliphatic heterocycles. The van der Waals surface area contributed by atoms with Crippen molar-refractivity contribution in [2.75, 3.05) is 33.4 Å². The standard InChI is InChI=1S/C29H38N4O3S/c1-20-9-8-10-25(22(20)3)23-11-13-24(14-12-23)29-26-18-32(15-6-7-16-33(26)27(29)19-36-5)37(34,35)28-17-21(2)30-31(28)4/h8-14,17,26-27,29H,6-7,15-16,18-19H2,1-5H3/t26-,27+,29-/m0/s1. The van der Waals surface area contributed by atoms with Crippen LogP contribution in [0.15, 0.2) is 53.6 Å². The lowest BCUT2D eigenvalue weighted by atomic mass is 9.74. The van der Waals surface area contributed by atoms with Gasteiger partial charge in [-0.2, -0.15) is 9.40 Å². The second-order valence-corrected chi connectivity index (χ2v) is 12.4. The van der Waals surface area contributed by atoms with Gasteiger partial charge in [0.15, 0.2) is 5.03 Å². The molecule has 2 aliphatic rings. The summed E-state index contributed by atoms with van der Waals surface area (Å²) >= 11 is 0. The predicted molar refractivity (Wildman–Crippen MR) is 146 cm³/mol. The Kier molecular flexibility index (Phi) is 7.29. The topological polar surface area (TPSA) is 67.7 Å². The Balaban J connectivity index is 1.45. The Morgan fingerprint density at radius 3 is 2.43 bits per heavy atom. The van der Waals surface area contributed by atoms with Crippen LogP contribution in [0.25, 0.3) is 11.1 Å². The first-order chi connectivity index (χ1) is 17.7. The predicted octanol–water partition coefficient (Wildman–Crippen LogP) is 4.28. The van der Waals surface area contributed by atoms with E-state index in [-0.39, 0.29) is 23.0 Å². The quantitative estimate of drug-likeness (QED) is 0.484. The van der Waals surface area contributed by atoms with Crippen LogP contribution in [0.5, 0.6) is 0 Å². The fourth-order valence-corrected chi connectivity index (χ4v) is 7.87. The van der Waals surface area contributed by atoms with Crippen LogP contribution < -0.4 is 0 Å². The highest BCUT2D eigenvalue weighted by atomic mass is 32.2. The molecule has 0 radical (unpaired) electrons. The number of aromatic nitrogens is 2. The average molecular weight is 523 g/mol. The van der Waals surface area contributed by atoms with Crippen molar-refractivity contribution in [3.63, 3.8) is 0 Å². The van der Waals surface area contributed by atoms with E-state index in [4.69, 9.17) is 4.74 Å². The molecule has 8 heteroatoms. The Morgan fingerprint density at radius 1 is 1.03 bits per heavy atom. The summed E-state index contributed by atoms with van der Waals surface area (Å²) in [5, 5.41) is 4.55. The molecule has 198 valence electrons. The lowest BCUT2D eigenvalue weighted by molar-refractivity contribution is -0.0635. The molecule has 5 rings (SSSR count). The number of rotatable bonds is 6. The molecular weight excluding hydrogens is 484 g/mol. The maximum absolute atomic E-state index is 13.7. The first kappa shape index (κ1) is 26.1. The van der Waals surface area contributed by atoms with Crippen LogP contribution >= 0.6 is 0 Å². The van der Waals surface area contributed by atoms with Crippen LogP contribution in [0, 0.1) is 20.8 Å². The molecule has 0 spiro atoms. The molecule has 37 heavy (non-hydrogen) atoms. The fraction of sp³-hybridized carbons (Fsp3) is 0.483. The van der Waals surface area contributed by atoms with Crippen molar-refractivity contribution >= 4 is 10.0 Å². The zero-order chi connectivity index (χ0) is 26.3. The maximum Gasteiger partial charge on any atom is 0.260 e. The van der Waals surface area contributed by atoms with Gasteiger partial charge in [0.25, 0.3) is 10.0 Å². The van der Waals surface area contributed by atoms with Crippen LogP contribution in [0.3, 0.4) is 0 Å². The number of fused-ring (bicyclic) bond motifs is 1. The third-order valence-corrected chi connectivity index (χ3v) is 10.2. The molecule has 2 aromatic carbocycles. The Bertz CT molecular complexity index is 1370. The molecule has 7 nitrogen and oxygen atoms in total. The van der Waals surface area contributed by atoms with Gasteiger partial charge in [0.2, 0.25) is 0 Å². The molecule has 3 atom stereocenters. The second kappa shape index (κ2) is 10.3. The SMILES string of the molecule is COC[C@@H]1[C@@H](c2ccc(-c3cccc(C)c3C)cc2)[C@@H]2CN(S(=O)(=O)c3cc(C)nn3C)CCCCN12. The minimum absolute atomic E-state index is 0.108. The highest BCUT2D eigenvalue weighted by Gasteiger charge is 2.50. The van der Waals surface area contributed by atoms with Crippen LogP contribution in [-0.2, 0) is 21.8 Å². The van der Waals surface area contributed by atoms with Crippen molar-refractivity contribution in [2.45, 2.75) is 56.6 Å². The van der Waals surface area contributed by atoms with E-state index in [1.165, 1.54) is 32.5 Å². The number of aryl methyl sites for hydroxylation is 3. The zero-order valence-electron chi connectivity index (χ0n) is 22.5. The Hall–Kier alpha value is -2.52. The van der Waals surface area contributed by atoms with E-state index in [0.717, 1.165) is 19.4 Å². The van der Waals surface area contributed by atoms with E-state index in [1.807, 2.05) is 6.92 Å². The van der Waals surface area contributed by atoms with Crippen molar-refractivity contribution in [1.82, 2.24) is 19.0 Å². The van der Waals surface area contributed by atoms with Gasteiger partial charge >= 0.3 is 0 Å². The maximum atomic E-state index is 13.7. The molecule has 2 saturated heterocycles. The number of ether oxygens (including phenoxy) is 1. The van der Waals surface area contributed by atoms with E-state index in [9.17, 15) is 8.42 Å². The first-order valence-corrected chi connectivity index (χ1v) is 14.6. The molecule has 0 unspecified atom stereocenters. The molecule has 2 fully saturated rings. The summed E-state index contributed by atoms with van der Waals surface area (Å²) in [4.78, 5) is 2.46. The molecule has 0 amide bonds. The third kappa shape index (κ3) is 4.76. The van der Waals surface area contributed by atoms with E-state index in [2.05, 4.69) is 66.3 Å². The van der Waals surface area contributed by atoms with Gasteiger partial charge in [-0.3, -0.25) is 9.58 Å². The van der Waals surface area contributed by atoms with Gasteiger partial charge in [-0.05, 0) is 74.0 Å². The monoisotopic (exact) mass is 522 g/mol. The first-order valence-electron chi connectivity index (χ1n) is 13.1. The Morgan fingerprint density at radius 2 is 1.76 bits per heavy atom. The summed E-state index contributed by atoms with van der Waals surface area (Å²) in [5.74, 6) is 0.205. The van der Waals surface area contributed by atoms with Crippen LogP contribution in [0.2, 0.25) is 0 Å². The second-order valence-electron chi connectivity index (χ2n) is 10.5. The van der Waals surface area contributed by atoms with Gasteiger partial charge in [0.05, 0.1) is 12.3 Å². The van der Waals surface area contributed by atoms with Gasteiger partial charge in [-0.15, -0.1) is 0 Å². The smallest absolute Gasteiger partial charge is 0.260 e. The number of nitrogens with zero attached hydrogens (tertiary/aromatic N) is 4. The molecule has 0 bridgehead atoms. The van der Waals surface area contributed by atoms with Gasteiger partial charge in [-0.1, -0.05) is 42.5 Å². The average Bonchev–Trinajstić information content (AvgIpc) is 3.21. The summed E-state index contributed by atoms with van der Waals surface area (Å²) < 4.78 is 36.2. The van der Waals surface area contributed by atoms with Crippen molar-refractivity contribution in [3.05, 3.63) is 70.9 Å². The number of sulfonamides is 1. The minimum atomic E-state index is -3.64. The van der Waals surface area contributed by atoms with E-state index < -0.39 is 10.0 Å². The van der Waals surface area contributed by atoms with Gasteiger partial charge in [0, 0.05) is 45.2 Å². The normalized spacial score (nSPS) is 23.2. The molecule has 1 aromatic heterocycles. The van der Waals surface area contributed by atoms with Gasteiger partial charge in [0.1, 0.15) is 0 Å². The largest absolute Gasteiger partial charge is 0.383 e. The van der Waals surface area contributed by atoms with Gasteiger partial charge in [-0.25, -0.2) is 8.42 Å². The molecular formula is C29H38N4O3S. The molecule has 0 aliphatic carbocycles. The summed E-state index contributed by atoms with van der Waals surface area (Å²) in [5.41, 5.74) is 7.00. The van der Waals surface area contributed by atoms with Gasteiger partial charge < -0.3 is 4.74 Å². The van der Waals surface area contributed by atoms with Crippen LogP contribution in [-0.4, -0.2) is 72.8 Å². The highest BCUT2D eigenvalue weighted by Crippen LogP contribution is 2.43. The fourth-order valence-electron chi connectivity index (χ4n) is 6.19. The Labute approximate surface area is 221 Å². The van der Waals surface area contributed by atoms with Crippen LogP contribution in [0.1, 0.15) is 41.1 Å². The summed E-state index contributed by atoms with van der Waals surface area (Å²) in [6, 6.07) is 17.3. The number of hydrogen-bond acceptors (Lipinski definition) is 5. The third-order valence-electron chi connectivity index (χ3n) is 8.26. The van der Waals surface area contributed by atoms with E-state index in [1.54, 1.807) is 24.5 Å². The highest BCUT2D eigenvalue weighted by molar-refractivity contribution is 7.89. The van der Waals surface area contributed by atoms with Crippen molar-refractivity contribution < 1.29 is 13.2 Å². The molecule has 3 aromatic rings. The number of methoxy groups -OCH3 is 1. The summed E-state index contributed by atoms with van der Waals surface area (Å²) in [6.45, 7) is 8.74. The molecule has 0 N–H and O–H groups in total. The summed E-state index contributed by atoms with van der Waals surface area (Å²) in [6.07, 6.45) is 1.81. The minimum Gasteiger partial charge on any atom is -0.383 e.